The van der Waals surface area contributed by atoms with Gasteiger partial charge in [-0.25, -0.2) is 4.79 Å². The van der Waals surface area contributed by atoms with Crippen molar-refractivity contribution in [3.05, 3.63) is 64.7 Å². The highest BCUT2D eigenvalue weighted by Crippen LogP contribution is 2.17. The second-order valence-electron chi connectivity index (χ2n) is 6.51. The Morgan fingerprint density at radius 1 is 1.10 bits per heavy atom. The minimum absolute atomic E-state index is 0.0626. The Balaban J connectivity index is 1.97. The highest BCUT2D eigenvalue weighted by atomic mass is 16.6. The van der Waals surface area contributed by atoms with E-state index in [2.05, 4.69) is 5.32 Å². The molecule has 0 heterocycles. The average molecular weight is 408 g/mol. The van der Waals surface area contributed by atoms with Crippen molar-refractivity contribution in [3.8, 4) is 11.8 Å². The van der Waals surface area contributed by atoms with Gasteiger partial charge in [-0.15, -0.1) is 0 Å². The molecule has 156 valence electrons. The lowest BCUT2D eigenvalue weighted by Crippen LogP contribution is -2.20. The van der Waals surface area contributed by atoms with Crippen LogP contribution in [0.1, 0.15) is 16.7 Å². The van der Waals surface area contributed by atoms with Crippen LogP contribution in [0.5, 0.6) is 5.75 Å². The minimum Gasteiger partial charge on any atom is -0.484 e. The first-order chi connectivity index (χ1) is 14.4. The van der Waals surface area contributed by atoms with Gasteiger partial charge >= 0.3 is 5.97 Å². The van der Waals surface area contributed by atoms with Gasteiger partial charge in [0, 0.05) is 12.8 Å². The summed E-state index contributed by atoms with van der Waals surface area (Å²) in [4.78, 5) is 24.1. The summed E-state index contributed by atoms with van der Waals surface area (Å²) in [5.74, 6) is -0.587. The second kappa shape index (κ2) is 11.4. The van der Waals surface area contributed by atoms with Crippen LogP contribution in [0.4, 0.5) is 5.69 Å². The van der Waals surface area contributed by atoms with Crippen molar-refractivity contribution >= 4 is 23.6 Å². The molecule has 7 nitrogen and oxygen atoms in total. The molecular formula is C23H24N2O5. The number of methoxy groups -OCH3 is 1. The van der Waals surface area contributed by atoms with E-state index >= 15 is 0 Å². The number of carbonyl (C=O) groups is 2. The average Bonchev–Trinajstić information content (AvgIpc) is 2.73. The first-order valence-electron chi connectivity index (χ1n) is 9.30. The highest BCUT2D eigenvalue weighted by Gasteiger charge is 2.11. The Hall–Kier alpha value is -3.63. The van der Waals surface area contributed by atoms with Crippen LogP contribution in [0.15, 0.2) is 48.0 Å². The normalized spacial score (nSPS) is 10.8. The summed E-state index contributed by atoms with van der Waals surface area (Å²) in [7, 11) is 1.49. The van der Waals surface area contributed by atoms with Crippen LogP contribution in [-0.4, -0.2) is 38.8 Å². The molecule has 1 N–H and O–H groups in total. The van der Waals surface area contributed by atoms with Crippen molar-refractivity contribution in [2.75, 3.05) is 32.2 Å². The predicted molar refractivity (Wildman–Crippen MR) is 113 cm³/mol. The molecule has 1 amide bonds. The summed E-state index contributed by atoms with van der Waals surface area (Å²) < 4.78 is 15.3. The third-order valence-electron chi connectivity index (χ3n) is 4.19. The third-order valence-corrected chi connectivity index (χ3v) is 4.19. The van der Waals surface area contributed by atoms with E-state index < -0.39 is 5.97 Å². The van der Waals surface area contributed by atoms with E-state index in [9.17, 15) is 14.9 Å². The quantitative estimate of drug-likeness (QED) is 0.296. The maximum absolute atomic E-state index is 12.1. The number of ether oxygens (including phenoxy) is 3. The number of esters is 1. The van der Waals surface area contributed by atoms with Gasteiger partial charge in [-0.1, -0.05) is 18.2 Å². The first kappa shape index (κ1) is 22.7. The molecule has 0 aliphatic heterocycles. The standard InChI is InChI=1S/C23H24N2O5/c1-16-7-8-20(11-17(16)2)25-22(26)15-30-21-6-4-5-18(13-21)12-19(14-24)23(27)29-10-9-28-3/h4-8,11-13H,9-10,15H2,1-3H3,(H,25,26)/b19-12+. The summed E-state index contributed by atoms with van der Waals surface area (Å²) in [5.41, 5.74) is 3.36. The summed E-state index contributed by atoms with van der Waals surface area (Å²) in [6, 6.07) is 14.2. The van der Waals surface area contributed by atoms with E-state index in [1.807, 2.05) is 38.1 Å². The number of benzene rings is 2. The van der Waals surface area contributed by atoms with E-state index in [0.29, 0.717) is 17.0 Å². The van der Waals surface area contributed by atoms with E-state index in [-0.39, 0.29) is 31.3 Å². The number of nitriles is 1. The molecule has 0 saturated carbocycles. The smallest absolute Gasteiger partial charge is 0.348 e. The van der Waals surface area contributed by atoms with Crippen LogP contribution in [0.25, 0.3) is 6.08 Å². The van der Waals surface area contributed by atoms with Gasteiger partial charge in [-0.2, -0.15) is 5.26 Å². The number of nitrogens with one attached hydrogen (secondary N) is 1. The van der Waals surface area contributed by atoms with Crippen molar-refractivity contribution in [2.24, 2.45) is 0 Å². The van der Waals surface area contributed by atoms with Crippen LogP contribution in [0.3, 0.4) is 0 Å². The lowest BCUT2D eigenvalue weighted by molar-refractivity contribution is -0.139. The fourth-order valence-corrected chi connectivity index (χ4v) is 2.46. The summed E-state index contributed by atoms with van der Waals surface area (Å²) in [6.45, 7) is 4.11. The zero-order valence-electron chi connectivity index (χ0n) is 17.2. The monoisotopic (exact) mass is 408 g/mol. The summed E-state index contributed by atoms with van der Waals surface area (Å²) >= 11 is 0. The fourth-order valence-electron chi connectivity index (χ4n) is 2.46. The van der Waals surface area contributed by atoms with E-state index in [0.717, 1.165) is 11.1 Å². The Bertz CT molecular complexity index is 976. The van der Waals surface area contributed by atoms with Crippen molar-refractivity contribution in [2.45, 2.75) is 13.8 Å². The van der Waals surface area contributed by atoms with Gasteiger partial charge in [-0.3, -0.25) is 4.79 Å². The van der Waals surface area contributed by atoms with Crippen LogP contribution in [-0.2, 0) is 19.1 Å². The maximum Gasteiger partial charge on any atom is 0.348 e. The Labute approximate surface area is 175 Å². The van der Waals surface area contributed by atoms with Gasteiger partial charge in [0.2, 0.25) is 0 Å². The Morgan fingerprint density at radius 3 is 2.60 bits per heavy atom. The molecule has 0 bridgehead atoms. The molecule has 7 heteroatoms. The molecule has 0 atom stereocenters. The topological polar surface area (TPSA) is 97.7 Å². The molecule has 2 aromatic rings. The zero-order valence-corrected chi connectivity index (χ0v) is 17.2. The number of anilines is 1. The first-order valence-corrected chi connectivity index (χ1v) is 9.30. The lowest BCUT2D eigenvalue weighted by atomic mass is 10.1. The fraction of sp³-hybridized carbons (Fsp3) is 0.261. The Kier molecular flexibility index (Phi) is 8.60. The number of nitrogens with zero attached hydrogens (tertiary/aromatic N) is 1. The van der Waals surface area contributed by atoms with Crippen molar-refractivity contribution in [1.82, 2.24) is 0 Å². The number of rotatable bonds is 9. The Morgan fingerprint density at radius 2 is 1.90 bits per heavy atom. The molecule has 0 spiro atoms. The van der Waals surface area contributed by atoms with Gasteiger partial charge in [0.15, 0.2) is 6.61 Å². The second-order valence-corrected chi connectivity index (χ2v) is 6.51. The molecule has 0 aromatic heterocycles. The molecule has 0 unspecified atom stereocenters. The van der Waals surface area contributed by atoms with Crippen molar-refractivity contribution < 1.29 is 23.8 Å². The maximum atomic E-state index is 12.1. The summed E-state index contributed by atoms with van der Waals surface area (Å²) in [5, 5.41) is 12.0. The molecule has 30 heavy (non-hydrogen) atoms. The largest absolute Gasteiger partial charge is 0.484 e. The molecule has 0 fully saturated rings. The number of amides is 1. The van der Waals surface area contributed by atoms with E-state index in [1.54, 1.807) is 24.3 Å². The summed E-state index contributed by atoms with van der Waals surface area (Å²) in [6.07, 6.45) is 1.40. The van der Waals surface area contributed by atoms with Gasteiger partial charge in [-0.05, 0) is 60.9 Å². The molecular weight excluding hydrogens is 384 g/mol. The number of aryl methyl sites for hydroxylation is 2. The van der Waals surface area contributed by atoms with Gasteiger partial charge in [0.25, 0.3) is 5.91 Å². The number of carbonyl (C=O) groups excluding carboxylic acids is 2. The number of hydrogen-bond donors (Lipinski definition) is 1. The zero-order chi connectivity index (χ0) is 21.9. The lowest BCUT2D eigenvalue weighted by Gasteiger charge is -2.09. The predicted octanol–water partition coefficient (Wildman–Crippen LogP) is 3.42. The molecule has 0 aliphatic carbocycles. The molecule has 0 aliphatic rings. The SMILES string of the molecule is COCCOC(=O)/C(C#N)=C/c1cccc(OCC(=O)Nc2ccc(C)c(C)c2)c1. The minimum atomic E-state index is -0.728. The third kappa shape index (κ3) is 7.08. The van der Waals surface area contributed by atoms with E-state index in [4.69, 9.17) is 14.2 Å². The van der Waals surface area contributed by atoms with Gasteiger partial charge < -0.3 is 19.5 Å². The molecule has 0 saturated heterocycles. The van der Waals surface area contributed by atoms with E-state index in [1.165, 1.54) is 13.2 Å². The van der Waals surface area contributed by atoms with Gasteiger partial charge in [0.05, 0.1) is 6.61 Å². The van der Waals surface area contributed by atoms with Gasteiger partial charge in [0.1, 0.15) is 24.0 Å². The van der Waals surface area contributed by atoms with Crippen LogP contribution in [0.2, 0.25) is 0 Å². The van der Waals surface area contributed by atoms with Crippen LogP contribution >= 0.6 is 0 Å². The van der Waals surface area contributed by atoms with Crippen molar-refractivity contribution in [1.29, 1.82) is 5.26 Å². The number of hydrogen-bond acceptors (Lipinski definition) is 6. The highest BCUT2D eigenvalue weighted by molar-refractivity contribution is 5.98. The van der Waals surface area contributed by atoms with Crippen molar-refractivity contribution in [3.63, 3.8) is 0 Å². The molecule has 0 radical (unpaired) electrons. The van der Waals surface area contributed by atoms with Crippen LogP contribution in [0, 0.1) is 25.2 Å². The molecule has 2 aromatic carbocycles. The molecule has 2 rings (SSSR count). The van der Waals surface area contributed by atoms with Crippen LogP contribution < -0.4 is 10.1 Å².